The second-order valence-corrected chi connectivity index (χ2v) is 2.62. The van der Waals surface area contributed by atoms with Crippen molar-refractivity contribution in [2.45, 2.75) is 0 Å². The quantitative estimate of drug-likeness (QED) is 0.698. The molecule has 0 fully saturated rings. The number of hydrogen-bond donors (Lipinski definition) is 2. The number of nitrogens with one attached hydrogen (secondary N) is 1. The van der Waals surface area contributed by atoms with Gasteiger partial charge in [-0.05, 0) is 12.1 Å². The molecule has 0 bridgehead atoms. The van der Waals surface area contributed by atoms with Gasteiger partial charge in [-0.3, -0.25) is 0 Å². The van der Waals surface area contributed by atoms with Crippen molar-refractivity contribution in [1.82, 2.24) is 0 Å². The molecule has 0 heterocycles. The molecule has 0 aliphatic heterocycles. The van der Waals surface area contributed by atoms with Crippen LogP contribution in [0.25, 0.3) is 0 Å². The molecule has 1 rings (SSSR count). The van der Waals surface area contributed by atoms with Crippen LogP contribution in [0.15, 0.2) is 18.2 Å². The second-order valence-electron chi connectivity index (χ2n) is 2.18. The summed E-state index contributed by atoms with van der Waals surface area (Å²) in [6.45, 7) is 0. The monoisotopic (exact) mass is 187 g/mol. The van der Waals surface area contributed by atoms with Crippen molar-refractivity contribution in [3.63, 3.8) is 0 Å². The van der Waals surface area contributed by atoms with Crippen molar-refractivity contribution in [2.75, 3.05) is 12.4 Å². The minimum Gasteiger partial charge on any atom is -0.382 e. The van der Waals surface area contributed by atoms with Crippen LogP contribution in [-0.2, 0) is 0 Å². The molecular formula is C7H8ClN2O2+. The molecule has 0 aromatic heterocycles. The number of rotatable bonds is 2. The molecule has 0 amide bonds. The minimum absolute atomic E-state index is 0.102. The van der Waals surface area contributed by atoms with Crippen LogP contribution in [0.1, 0.15) is 0 Å². The van der Waals surface area contributed by atoms with E-state index in [2.05, 4.69) is 5.32 Å². The van der Waals surface area contributed by atoms with Gasteiger partial charge in [-0.15, -0.1) is 0 Å². The van der Waals surface area contributed by atoms with Gasteiger partial charge in [-0.1, -0.05) is 11.6 Å². The van der Waals surface area contributed by atoms with Crippen LogP contribution in [0.5, 0.6) is 0 Å². The number of hydrogen-bond acceptors (Lipinski definition) is 2. The number of halogens is 1. The van der Waals surface area contributed by atoms with Gasteiger partial charge in [-0.2, -0.15) is 0 Å². The number of anilines is 1. The molecule has 0 saturated heterocycles. The van der Waals surface area contributed by atoms with E-state index in [0.717, 1.165) is 0 Å². The van der Waals surface area contributed by atoms with Gasteiger partial charge in [0, 0.05) is 18.1 Å². The molecule has 0 aliphatic carbocycles. The summed E-state index contributed by atoms with van der Waals surface area (Å²) in [7, 11) is 1.65. The molecule has 4 nitrogen and oxygen atoms in total. The Bertz CT molecular complexity index is 314. The lowest BCUT2D eigenvalue weighted by Gasteiger charge is -1.97. The Kier molecular flexibility index (Phi) is 2.50. The SMILES string of the molecule is CNc1ccc(Cl)cc1[N+](=O)O. The van der Waals surface area contributed by atoms with Crippen LogP contribution in [0.4, 0.5) is 11.4 Å². The predicted octanol–water partition coefficient (Wildman–Crippen LogP) is 2.18. The maximum atomic E-state index is 10.6. The smallest absolute Gasteiger partial charge is 0.340 e. The Hall–Kier alpha value is -1.29. The lowest BCUT2D eigenvalue weighted by atomic mass is 10.3. The third-order valence-corrected chi connectivity index (χ3v) is 1.67. The van der Waals surface area contributed by atoms with Crippen molar-refractivity contribution in [3.8, 4) is 0 Å². The molecule has 1 aromatic carbocycles. The molecule has 1 aromatic rings. The Morgan fingerprint density at radius 2 is 2.25 bits per heavy atom. The highest BCUT2D eigenvalue weighted by molar-refractivity contribution is 6.30. The first kappa shape index (κ1) is 8.80. The maximum absolute atomic E-state index is 10.6. The molecular weight excluding hydrogens is 180 g/mol. The zero-order chi connectivity index (χ0) is 9.14. The topological polar surface area (TPSA) is 52.3 Å². The summed E-state index contributed by atoms with van der Waals surface area (Å²) < 4.78 is 0. The normalized spacial score (nSPS) is 9.50. The van der Waals surface area contributed by atoms with Gasteiger partial charge in [0.05, 0.1) is 4.91 Å². The second kappa shape index (κ2) is 3.40. The molecule has 2 N–H and O–H groups in total. The number of benzene rings is 1. The van der Waals surface area contributed by atoms with Gasteiger partial charge < -0.3 is 5.32 Å². The van der Waals surface area contributed by atoms with Crippen molar-refractivity contribution in [2.24, 2.45) is 0 Å². The largest absolute Gasteiger partial charge is 0.382 e. The van der Waals surface area contributed by atoms with E-state index in [-0.39, 0.29) is 10.6 Å². The van der Waals surface area contributed by atoms with Crippen molar-refractivity contribution in [3.05, 3.63) is 28.1 Å². The zero-order valence-corrected chi connectivity index (χ0v) is 7.17. The Balaban J connectivity index is 3.21. The molecule has 0 saturated carbocycles. The third-order valence-electron chi connectivity index (χ3n) is 1.44. The first-order valence-corrected chi connectivity index (χ1v) is 3.66. The van der Waals surface area contributed by atoms with Gasteiger partial charge in [0.2, 0.25) is 0 Å². The summed E-state index contributed by atoms with van der Waals surface area (Å²) in [5.74, 6) is 0. The van der Waals surface area contributed by atoms with Gasteiger partial charge >= 0.3 is 5.69 Å². The highest BCUT2D eigenvalue weighted by Crippen LogP contribution is 2.26. The molecule has 0 unspecified atom stereocenters. The summed E-state index contributed by atoms with van der Waals surface area (Å²) in [5, 5.41) is 11.8. The van der Waals surface area contributed by atoms with Gasteiger partial charge in [-0.25, -0.2) is 5.21 Å². The maximum Gasteiger partial charge on any atom is 0.340 e. The van der Waals surface area contributed by atoms with E-state index in [0.29, 0.717) is 10.7 Å². The lowest BCUT2D eigenvalue weighted by molar-refractivity contribution is -0.729. The van der Waals surface area contributed by atoms with Crippen LogP contribution in [0, 0.1) is 4.91 Å². The summed E-state index contributed by atoms with van der Waals surface area (Å²) in [6, 6.07) is 4.61. The van der Waals surface area contributed by atoms with Gasteiger partial charge in [0.1, 0.15) is 5.69 Å². The van der Waals surface area contributed by atoms with E-state index < -0.39 is 0 Å². The van der Waals surface area contributed by atoms with Crippen LogP contribution in [-0.4, -0.2) is 17.2 Å². The fraction of sp³-hybridized carbons (Fsp3) is 0.143. The molecule has 12 heavy (non-hydrogen) atoms. The van der Waals surface area contributed by atoms with Crippen LogP contribution in [0.2, 0.25) is 5.02 Å². The molecule has 0 radical (unpaired) electrons. The summed E-state index contributed by atoms with van der Waals surface area (Å²) >= 11 is 5.61. The van der Waals surface area contributed by atoms with Gasteiger partial charge in [0.15, 0.2) is 0 Å². The van der Waals surface area contributed by atoms with E-state index in [1.807, 2.05) is 0 Å². The average molecular weight is 188 g/mol. The van der Waals surface area contributed by atoms with Crippen molar-refractivity contribution >= 4 is 23.0 Å². The molecule has 5 heteroatoms. The van der Waals surface area contributed by atoms with E-state index in [1.54, 1.807) is 19.2 Å². The van der Waals surface area contributed by atoms with E-state index >= 15 is 0 Å². The highest BCUT2D eigenvalue weighted by atomic mass is 35.5. The van der Waals surface area contributed by atoms with Crippen LogP contribution in [0.3, 0.4) is 0 Å². The van der Waals surface area contributed by atoms with E-state index in [4.69, 9.17) is 16.8 Å². The highest BCUT2D eigenvalue weighted by Gasteiger charge is 2.17. The number of nitrogens with zero attached hydrogens (tertiary/aromatic N) is 1. The van der Waals surface area contributed by atoms with Crippen molar-refractivity contribution < 1.29 is 10.1 Å². The van der Waals surface area contributed by atoms with E-state index in [1.165, 1.54) is 6.07 Å². The minimum atomic E-state index is -0.224. The standard InChI is InChI=1S/C7H8ClN2O2/c1-9-6-3-2-5(8)4-7(6)10(11)12/h2-4,9H,1H3,(H,11,12)/q+1. The molecule has 0 spiro atoms. The average Bonchev–Trinajstić information content (AvgIpc) is 2.04. The molecule has 64 valence electrons. The fourth-order valence-electron chi connectivity index (χ4n) is 0.874. The lowest BCUT2D eigenvalue weighted by Crippen LogP contribution is -1.97. The fourth-order valence-corrected chi connectivity index (χ4v) is 1.04. The summed E-state index contributed by atoms with van der Waals surface area (Å²) in [4.78, 5) is 10.3. The van der Waals surface area contributed by atoms with Crippen LogP contribution >= 0.6 is 11.6 Å². The van der Waals surface area contributed by atoms with E-state index in [9.17, 15) is 4.91 Å². The third kappa shape index (κ3) is 1.65. The predicted molar refractivity (Wildman–Crippen MR) is 46.1 cm³/mol. The summed E-state index contributed by atoms with van der Waals surface area (Å²) in [5.41, 5.74) is 0.627. The Labute approximate surface area is 74.3 Å². The molecule has 0 atom stereocenters. The van der Waals surface area contributed by atoms with Gasteiger partial charge in [0.25, 0.3) is 4.92 Å². The Morgan fingerprint density at radius 3 is 2.75 bits per heavy atom. The first-order chi connectivity index (χ1) is 5.65. The summed E-state index contributed by atoms with van der Waals surface area (Å²) in [6.07, 6.45) is 0. The van der Waals surface area contributed by atoms with Crippen LogP contribution < -0.4 is 5.32 Å². The zero-order valence-electron chi connectivity index (χ0n) is 6.41. The Morgan fingerprint density at radius 1 is 1.58 bits per heavy atom. The first-order valence-electron chi connectivity index (χ1n) is 3.28. The molecule has 0 aliphatic rings. The van der Waals surface area contributed by atoms with Crippen molar-refractivity contribution in [1.29, 1.82) is 0 Å².